The Morgan fingerprint density at radius 1 is 1.62 bits per heavy atom. The molecule has 0 radical (unpaired) electrons. The monoisotopic (exact) mass is 187 g/mol. The summed E-state index contributed by atoms with van der Waals surface area (Å²) in [4.78, 5) is 0. The summed E-state index contributed by atoms with van der Waals surface area (Å²) >= 11 is 0. The summed E-state index contributed by atoms with van der Waals surface area (Å²) in [6.45, 7) is 3.04. The molecule has 3 N–H and O–H groups in total. The number of hydrogen-bond donors (Lipinski definition) is 2. The molecule has 0 aromatic carbocycles. The third kappa shape index (κ3) is 2.22. The Morgan fingerprint density at radius 3 is 2.54 bits per heavy atom. The van der Waals surface area contributed by atoms with E-state index in [1.165, 1.54) is 0 Å². The number of ether oxygens (including phenoxy) is 1. The molecule has 0 aliphatic heterocycles. The van der Waals surface area contributed by atoms with E-state index >= 15 is 0 Å². The quantitative estimate of drug-likeness (QED) is 0.645. The molecular formula is C10H21NO2. The summed E-state index contributed by atoms with van der Waals surface area (Å²) in [7, 11) is 1.64. The molecule has 0 spiro atoms. The van der Waals surface area contributed by atoms with Crippen molar-refractivity contribution < 1.29 is 9.84 Å². The van der Waals surface area contributed by atoms with Gasteiger partial charge in [0, 0.05) is 13.0 Å². The molecule has 0 saturated heterocycles. The number of aliphatic hydroxyl groups is 1. The number of nitrogens with two attached hydrogens (primary N) is 1. The molecular weight excluding hydrogens is 166 g/mol. The second-order valence-electron chi connectivity index (χ2n) is 4.04. The molecule has 0 aromatic heterocycles. The fraction of sp³-hybridized carbons (Fsp3) is 1.00. The van der Waals surface area contributed by atoms with Gasteiger partial charge in [-0.2, -0.15) is 0 Å². The zero-order valence-electron chi connectivity index (χ0n) is 8.62. The first-order valence-electron chi connectivity index (χ1n) is 5.10. The highest BCUT2D eigenvalue weighted by molar-refractivity contribution is 4.99. The van der Waals surface area contributed by atoms with Gasteiger partial charge in [0.15, 0.2) is 0 Å². The Kier molecular flexibility index (Phi) is 3.71. The van der Waals surface area contributed by atoms with Crippen molar-refractivity contribution in [3.8, 4) is 0 Å². The van der Waals surface area contributed by atoms with Gasteiger partial charge in [-0.25, -0.2) is 0 Å². The second-order valence-corrected chi connectivity index (χ2v) is 4.04. The van der Waals surface area contributed by atoms with E-state index in [9.17, 15) is 5.11 Å². The van der Waals surface area contributed by atoms with E-state index < -0.39 is 5.60 Å². The number of methoxy groups -OCH3 is 1. The highest BCUT2D eigenvalue weighted by Gasteiger charge is 2.47. The minimum atomic E-state index is -0.668. The van der Waals surface area contributed by atoms with Crippen molar-refractivity contribution >= 4 is 0 Å². The molecule has 3 nitrogen and oxygen atoms in total. The van der Waals surface area contributed by atoms with E-state index in [-0.39, 0.29) is 5.92 Å². The lowest BCUT2D eigenvalue weighted by Gasteiger charge is -2.34. The van der Waals surface area contributed by atoms with E-state index in [0.717, 1.165) is 19.3 Å². The summed E-state index contributed by atoms with van der Waals surface area (Å²) in [6, 6.07) is 0. The van der Waals surface area contributed by atoms with Crippen molar-refractivity contribution in [2.45, 2.75) is 31.8 Å². The molecule has 0 amide bonds. The van der Waals surface area contributed by atoms with Gasteiger partial charge in [-0.15, -0.1) is 0 Å². The molecule has 1 aliphatic rings. The van der Waals surface area contributed by atoms with E-state index in [1.807, 2.05) is 0 Å². The average molecular weight is 187 g/mol. The fourth-order valence-electron chi connectivity index (χ4n) is 2.11. The minimum Gasteiger partial charge on any atom is -0.387 e. The molecule has 1 fully saturated rings. The van der Waals surface area contributed by atoms with Gasteiger partial charge in [0.05, 0.1) is 12.2 Å². The predicted octanol–water partition coefficient (Wildman–Crippen LogP) is 0.759. The molecule has 2 unspecified atom stereocenters. The molecule has 13 heavy (non-hydrogen) atoms. The van der Waals surface area contributed by atoms with E-state index in [4.69, 9.17) is 10.5 Å². The van der Waals surface area contributed by atoms with Crippen molar-refractivity contribution in [2.24, 2.45) is 17.6 Å². The van der Waals surface area contributed by atoms with Crippen LogP contribution in [-0.4, -0.2) is 31.0 Å². The van der Waals surface area contributed by atoms with Crippen LogP contribution in [0.4, 0.5) is 0 Å². The normalized spacial score (nSPS) is 24.0. The minimum absolute atomic E-state index is 0.181. The summed E-state index contributed by atoms with van der Waals surface area (Å²) in [5.41, 5.74) is 4.98. The smallest absolute Gasteiger partial charge is 0.0947 e. The van der Waals surface area contributed by atoms with Crippen LogP contribution >= 0.6 is 0 Å². The Bertz CT molecular complexity index is 155. The largest absolute Gasteiger partial charge is 0.387 e. The van der Waals surface area contributed by atoms with E-state index in [2.05, 4.69) is 6.92 Å². The Balaban J connectivity index is 2.62. The van der Waals surface area contributed by atoms with Crippen LogP contribution in [0.3, 0.4) is 0 Å². The van der Waals surface area contributed by atoms with Crippen molar-refractivity contribution in [3.63, 3.8) is 0 Å². The maximum atomic E-state index is 10.4. The molecule has 1 saturated carbocycles. The standard InChI is InChI=1S/C10H21NO2/c1-3-8(6-11)10(12,7-13-2)9-4-5-9/h8-9,12H,3-7,11H2,1-2H3. The van der Waals surface area contributed by atoms with Crippen molar-refractivity contribution in [1.29, 1.82) is 0 Å². The van der Waals surface area contributed by atoms with Gasteiger partial charge in [0.25, 0.3) is 0 Å². The first-order valence-corrected chi connectivity index (χ1v) is 5.10. The highest BCUT2D eigenvalue weighted by Crippen LogP contribution is 2.44. The number of hydrogen-bond acceptors (Lipinski definition) is 3. The predicted molar refractivity (Wildman–Crippen MR) is 52.4 cm³/mol. The van der Waals surface area contributed by atoms with Gasteiger partial charge in [-0.05, 0) is 31.7 Å². The highest BCUT2D eigenvalue weighted by atomic mass is 16.5. The van der Waals surface area contributed by atoms with Crippen molar-refractivity contribution in [1.82, 2.24) is 0 Å². The zero-order valence-corrected chi connectivity index (χ0v) is 8.62. The first-order chi connectivity index (χ1) is 6.19. The third-order valence-electron chi connectivity index (χ3n) is 3.14. The maximum Gasteiger partial charge on any atom is 0.0947 e. The molecule has 1 aliphatic carbocycles. The van der Waals surface area contributed by atoms with E-state index in [1.54, 1.807) is 7.11 Å². The molecule has 1 rings (SSSR count). The molecule has 78 valence electrons. The molecule has 0 heterocycles. The van der Waals surface area contributed by atoms with Crippen LogP contribution < -0.4 is 5.73 Å². The lowest BCUT2D eigenvalue weighted by atomic mass is 9.82. The van der Waals surface area contributed by atoms with Crippen LogP contribution in [0.2, 0.25) is 0 Å². The van der Waals surface area contributed by atoms with Crippen molar-refractivity contribution in [3.05, 3.63) is 0 Å². The van der Waals surface area contributed by atoms with Crippen LogP contribution in [0.25, 0.3) is 0 Å². The lowest BCUT2D eigenvalue weighted by Crippen LogP contribution is -2.47. The van der Waals surface area contributed by atoms with Gasteiger partial charge in [0.2, 0.25) is 0 Å². The van der Waals surface area contributed by atoms with Gasteiger partial charge < -0.3 is 15.6 Å². The Hall–Kier alpha value is -0.120. The van der Waals surface area contributed by atoms with Gasteiger partial charge in [-0.1, -0.05) is 6.92 Å². The van der Waals surface area contributed by atoms with Gasteiger partial charge in [0.1, 0.15) is 0 Å². The maximum absolute atomic E-state index is 10.4. The first kappa shape index (κ1) is 11.0. The van der Waals surface area contributed by atoms with Crippen LogP contribution in [0.1, 0.15) is 26.2 Å². The van der Waals surface area contributed by atoms with Crippen LogP contribution in [0, 0.1) is 11.8 Å². The van der Waals surface area contributed by atoms with Crippen LogP contribution in [-0.2, 0) is 4.74 Å². The van der Waals surface area contributed by atoms with Crippen molar-refractivity contribution in [2.75, 3.05) is 20.3 Å². The summed E-state index contributed by atoms with van der Waals surface area (Å²) in [5, 5.41) is 10.4. The third-order valence-corrected chi connectivity index (χ3v) is 3.14. The summed E-state index contributed by atoms with van der Waals surface area (Å²) < 4.78 is 5.09. The summed E-state index contributed by atoms with van der Waals surface area (Å²) in [6.07, 6.45) is 3.17. The fourth-order valence-corrected chi connectivity index (χ4v) is 2.11. The molecule has 0 aromatic rings. The lowest BCUT2D eigenvalue weighted by molar-refractivity contribution is -0.0888. The van der Waals surface area contributed by atoms with Gasteiger partial charge >= 0.3 is 0 Å². The van der Waals surface area contributed by atoms with Crippen LogP contribution in [0.15, 0.2) is 0 Å². The SMILES string of the molecule is CCC(CN)C(O)(COC)C1CC1. The van der Waals surface area contributed by atoms with Crippen LogP contribution in [0.5, 0.6) is 0 Å². The Morgan fingerprint density at radius 2 is 2.23 bits per heavy atom. The average Bonchev–Trinajstić information content (AvgIpc) is 2.89. The van der Waals surface area contributed by atoms with Gasteiger partial charge in [-0.3, -0.25) is 0 Å². The number of rotatable bonds is 6. The molecule has 3 heteroatoms. The topological polar surface area (TPSA) is 55.5 Å². The Labute approximate surface area is 80.3 Å². The summed E-state index contributed by atoms with van der Waals surface area (Å²) in [5.74, 6) is 0.598. The second kappa shape index (κ2) is 4.40. The zero-order chi connectivity index (χ0) is 9.90. The molecule has 2 atom stereocenters. The molecule has 0 bridgehead atoms. The van der Waals surface area contributed by atoms with E-state index in [0.29, 0.717) is 19.1 Å².